The van der Waals surface area contributed by atoms with E-state index in [1.807, 2.05) is 0 Å². The summed E-state index contributed by atoms with van der Waals surface area (Å²) in [4.78, 5) is 0.927. The van der Waals surface area contributed by atoms with Crippen molar-refractivity contribution in [3.05, 3.63) is 0 Å². The van der Waals surface area contributed by atoms with E-state index < -0.39 is 44.6 Å². The fraction of sp³-hybridized carbons (Fsp3) is 1.00. The van der Waals surface area contributed by atoms with Crippen molar-refractivity contribution in [2.75, 3.05) is 0 Å². The van der Waals surface area contributed by atoms with Gasteiger partial charge < -0.3 is 0 Å². The maximum absolute atomic E-state index is 4.59. The zero-order valence-corrected chi connectivity index (χ0v) is 25.1. The predicted molar refractivity (Wildman–Crippen MR) is 126 cm³/mol. The minimum absolute atomic E-state index is 0.927. The van der Waals surface area contributed by atoms with Crippen molar-refractivity contribution in [2.24, 2.45) is 0 Å². The molecule has 0 unspecified atom stereocenters. The first kappa shape index (κ1) is 23.5. The lowest BCUT2D eigenvalue weighted by atomic mass is 11.8. The van der Waals surface area contributed by atoms with E-state index in [9.17, 15) is 0 Å². The second kappa shape index (κ2) is 6.35. The van der Waals surface area contributed by atoms with Crippen LogP contribution >= 0.6 is 0 Å². The summed E-state index contributed by atoms with van der Waals surface area (Å²) in [5.41, 5.74) is 0. The summed E-state index contributed by atoms with van der Waals surface area (Å²) >= 11 is 0. The molecule has 0 bridgehead atoms. The third-order valence-corrected chi connectivity index (χ3v) is 104. The van der Waals surface area contributed by atoms with E-state index in [1.54, 1.807) is 0 Å². The van der Waals surface area contributed by atoms with E-state index >= 15 is 0 Å². The highest BCUT2D eigenvalue weighted by Gasteiger charge is 2.64. The van der Waals surface area contributed by atoms with Crippen LogP contribution in [0.2, 0.25) is 96.4 Å². The quantitative estimate of drug-likeness (QED) is 0.474. The summed E-state index contributed by atoms with van der Waals surface area (Å²) in [6.45, 7) is 37.9. The summed E-state index contributed by atoms with van der Waals surface area (Å²) in [7, 11) is -2.57. The Labute approximate surface area is 150 Å². The van der Waals surface area contributed by atoms with Crippen molar-refractivity contribution < 1.29 is 0 Å². The topological polar surface area (TPSA) is 0 Å². The molecule has 0 aromatic rings. The molecule has 0 heterocycles. The molecule has 7 heteroatoms. The highest BCUT2D eigenvalue weighted by atomic mass is 29.7. The van der Waals surface area contributed by atoms with Crippen molar-refractivity contribution >= 4 is 54.8 Å². The van der Waals surface area contributed by atoms with Gasteiger partial charge in [-0.15, -0.1) is 0 Å². The predicted octanol–water partition coefficient (Wildman–Crippen LogP) is 5.85. The van der Waals surface area contributed by atoms with Gasteiger partial charge in [0.05, 0.1) is 0 Å². The van der Waals surface area contributed by atoms with Crippen LogP contribution in [0.5, 0.6) is 0 Å². The van der Waals surface area contributed by atoms with Crippen molar-refractivity contribution in [3.63, 3.8) is 0 Å². The van der Waals surface area contributed by atoms with E-state index in [2.05, 4.69) is 102 Å². The van der Waals surface area contributed by atoms with Crippen LogP contribution in [0.4, 0.5) is 0 Å². The van der Waals surface area contributed by atoms with Crippen LogP contribution in [0.15, 0.2) is 0 Å². The van der Waals surface area contributed by atoms with Crippen molar-refractivity contribution in [3.8, 4) is 0 Å². The van der Waals surface area contributed by atoms with E-state index in [1.165, 1.54) is 0 Å². The molecule has 0 amide bonds. The maximum atomic E-state index is 4.59. The van der Waals surface area contributed by atoms with Crippen molar-refractivity contribution in [2.45, 2.75) is 96.4 Å². The van der Waals surface area contributed by atoms with Gasteiger partial charge in [-0.3, -0.25) is 0 Å². The van der Waals surface area contributed by atoms with Gasteiger partial charge in [0.25, 0.3) is 0 Å². The molecular weight excluding hydrogens is 377 g/mol. The normalized spacial score (nSPS) is 16.4. The Morgan fingerprint density at radius 3 is 0.636 bits per heavy atom. The monoisotopic (exact) mass is 419 g/mol. The molecule has 0 saturated heterocycles. The Kier molecular flexibility index (Phi) is 6.79. The molecule has 131 valence electrons. The van der Waals surface area contributed by atoms with Gasteiger partial charge in [-0.05, 0) is 0 Å². The highest BCUT2D eigenvalue weighted by molar-refractivity contribution is 7.79. The van der Waals surface area contributed by atoms with Crippen LogP contribution < -0.4 is 0 Å². The fourth-order valence-electron chi connectivity index (χ4n) is 4.56. The second-order valence-electron chi connectivity index (χ2n) is 11.8. The van der Waals surface area contributed by atoms with Crippen molar-refractivity contribution in [1.29, 1.82) is 0 Å². The molecule has 3 radical (unpaired) electrons. The van der Waals surface area contributed by atoms with E-state index in [0.717, 1.165) is 4.79 Å². The average molecular weight is 420 g/mol. The third kappa shape index (κ3) is 3.69. The zero-order valence-electron chi connectivity index (χ0n) is 18.1. The molecule has 0 aliphatic carbocycles. The molecular formula is C15H43Si7. The van der Waals surface area contributed by atoms with Gasteiger partial charge in [0.15, 0.2) is 0 Å². The smallest absolute Gasteiger partial charge is 0.0357 e. The average Bonchev–Trinajstić information content (AvgIpc) is 2.19. The van der Waals surface area contributed by atoms with Gasteiger partial charge in [-0.2, -0.15) is 0 Å². The number of rotatable bonds is 6. The molecule has 0 nitrogen and oxygen atoms in total. The SMILES string of the molecule is C[Si](C)(C)[Si](C)(C([Si])[Si](C)([Si](C)(C)C)[Si](C)(C)C)[Si](C)(C)C. The molecule has 0 saturated carbocycles. The Bertz CT molecular complexity index is 324. The maximum Gasteiger partial charge on any atom is 0.0357 e. The van der Waals surface area contributed by atoms with Gasteiger partial charge in [-0.25, -0.2) is 0 Å². The molecule has 0 atom stereocenters. The Morgan fingerprint density at radius 2 is 0.545 bits per heavy atom. The molecule has 0 N–H and O–H groups in total. The van der Waals surface area contributed by atoms with Crippen LogP contribution in [0.25, 0.3) is 0 Å². The van der Waals surface area contributed by atoms with Gasteiger partial charge >= 0.3 is 0 Å². The van der Waals surface area contributed by atoms with Crippen LogP contribution in [-0.4, -0.2) is 54.8 Å². The third-order valence-electron chi connectivity index (χ3n) is 7.39. The largest absolute Gasteiger partial charge is 0.0732 e. The molecule has 0 aliphatic rings. The summed E-state index contributed by atoms with van der Waals surface area (Å²) in [6.07, 6.45) is 0. The first-order valence-electron chi connectivity index (χ1n) is 8.87. The summed E-state index contributed by atoms with van der Waals surface area (Å²) in [5.74, 6) is 0. The first-order chi connectivity index (χ1) is 9.15. The van der Waals surface area contributed by atoms with Crippen LogP contribution in [-0.2, 0) is 0 Å². The summed E-state index contributed by atoms with van der Waals surface area (Å²) in [6, 6.07) is 0. The highest BCUT2D eigenvalue weighted by Crippen LogP contribution is 2.47. The molecule has 0 aromatic heterocycles. The van der Waals surface area contributed by atoms with E-state index in [-0.39, 0.29) is 0 Å². The van der Waals surface area contributed by atoms with Crippen LogP contribution in [0.3, 0.4) is 0 Å². The number of hydrogen-bond donors (Lipinski definition) is 0. The van der Waals surface area contributed by atoms with Gasteiger partial charge in [0.2, 0.25) is 0 Å². The van der Waals surface area contributed by atoms with Gasteiger partial charge in [0, 0.05) is 54.8 Å². The van der Waals surface area contributed by atoms with E-state index in [0.29, 0.717) is 0 Å². The van der Waals surface area contributed by atoms with Gasteiger partial charge in [-0.1, -0.05) is 96.4 Å². The standard InChI is InChI=1S/C15H43Si7/c1-17(2,3)21(13,18(4,5)6)15(16)22(14,19(7,8)9)20(10,11)12/h15H,1-14H3. The number of hydrogen-bond acceptors (Lipinski definition) is 0. The van der Waals surface area contributed by atoms with Crippen LogP contribution in [0.1, 0.15) is 0 Å². The molecule has 22 heavy (non-hydrogen) atoms. The molecule has 0 fully saturated rings. The molecule has 0 aliphatic heterocycles. The van der Waals surface area contributed by atoms with Crippen molar-refractivity contribution in [1.82, 2.24) is 0 Å². The lowest BCUT2D eigenvalue weighted by Gasteiger charge is -2.62. The summed E-state index contributed by atoms with van der Waals surface area (Å²) < 4.78 is 0. The lowest BCUT2D eigenvalue weighted by molar-refractivity contribution is 1.53. The minimum atomic E-state index is -1.29. The van der Waals surface area contributed by atoms with Crippen LogP contribution in [0, 0.1) is 0 Å². The van der Waals surface area contributed by atoms with E-state index in [4.69, 9.17) is 0 Å². The Morgan fingerprint density at radius 1 is 0.409 bits per heavy atom. The van der Waals surface area contributed by atoms with Gasteiger partial charge in [0.1, 0.15) is 0 Å². The molecule has 0 spiro atoms. The Hall–Kier alpha value is 1.52. The Balaban J connectivity index is 6.54. The summed E-state index contributed by atoms with van der Waals surface area (Å²) in [5, 5.41) is 0. The fourth-order valence-corrected chi connectivity index (χ4v) is 128. The molecule has 0 aromatic carbocycles. The zero-order chi connectivity index (χ0) is 18.6. The second-order valence-corrected chi connectivity index (χ2v) is 71.6. The lowest BCUT2D eigenvalue weighted by Crippen LogP contribution is -2.83. The first-order valence-corrected chi connectivity index (χ1v) is 32.6. The molecule has 0 rings (SSSR count). The minimum Gasteiger partial charge on any atom is -0.0732 e.